The Morgan fingerprint density at radius 1 is 1.06 bits per heavy atom. The molecule has 0 aliphatic carbocycles. The molecule has 0 saturated carbocycles. The minimum absolute atomic E-state index is 0.00942. The Balaban J connectivity index is 1.36. The molecule has 1 N–H and O–H groups in total. The summed E-state index contributed by atoms with van der Waals surface area (Å²) in [6.07, 6.45) is 5.47. The van der Waals surface area contributed by atoms with E-state index in [9.17, 15) is 9.59 Å². The Morgan fingerprint density at radius 3 is 2.52 bits per heavy atom. The third-order valence-corrected chi connectivity index (χ3v) is 7.06. The molecule has 2 unspecified atom stereocenters. The van der Waals surface area contributed by atoms with Crippen molar-refractivity contribution in [2.75, 3.05) is 13.2 Å². The van der Waals surface area contributed by atoms with Gasteiger partial charge in [-0.25, -0.2) is 4.79 Å². The Bertz CT molecular complexity index is 1040. The first-order valence-corrected chi connectivity index (χ1v) is 12.3. The Labute approximate surface area is 195 Å². The molecule has 2 amide bonds. The highest BCUT2D eigenvalue weighted by atomic mass is 16.6. The molecule has 1 aromatic carbocycles. The fraction of sp³-hybridized carbons (Fsp3) is 0.615. The summed E-state index contributed by atoms with van der Waals surface area (Å²) in [7, 11) is 0. The average molecular weight is 454 g/mol. The van der Waals surface area contributed by atoms with Gasteiger partial charge in [0.05, 0.1) is 30.9 Å². The Kier molecular flexibility index (Phi) is 5.85. The summed E-state index contributed by atoms with van der Waals surface area (Å²) in [5.41, 5.74) is 2.62. The van der Waals surface area contributed by atoms with Gasteiger partial charge >= 0.3 is 6.09 Å². The van der Waals surface area contributed by atoms with Gasteiger partial charge in [0.2, 0.25) is 0 Å². The molecule has 33 heavy (non-hydrogen) atoms. The maximum absolute atomic E-state index is 13.6. The number of morpholine rings is 1. The number of carbonyl (C=O) groups is 2. The van der Waals surface area contributed by atoms with Crippen LogP contribution in [0.2, 0.25) is 0 Å². The monoisotopic (exact) mass is 453 g/mol. The van der Waals surface area contributed by atoms with Gasteiger partial charge in [-0.1, -0.05) is 24.6 Å². The number of hydrogen-bond donors (Lipinski definition) is 1. The molecule has 3 aliphatic heterocycles. The number of benzene rings is 1. The number of fused-ring (bicyclic) bond motifs is 5. The number of ether oxygens (including phenoxy) is 2. The van der Waals surface area contributed by atoms with Gasteiger partial charge < -0.3 is 19.4 Å². The van der Waals surface area contributed by atoms with E-state index in [0.29, 0.717) is 26.1 Å². The topological polar surface area (TPSA) is 72.8 Å². The minimum Gasteiger partial charge on any atom is -0.444 e. The van der Waals surface area contributed by atoms with E-state index in [1.807, 2.05) is 31.7 Å². The zero-order chi connectivity index (χ0) is 23.2. The van der Waals surface area contributed by atoms with Crippen molar-refractivity contribution in [3.8, 4) is 0 Å². The Morgan fingerprint density at radius 2 is 1.79 bits per heavy atom. The first-order chi connectivity index (χ1) is 15.8. The minimum atomic E-state index is -0.536. The number of para-hydroxylation sites is 1. The Hall–Kier alpha value is -2.54. The molecular formula is C26H35N3O4. The molecule has 178 valence electrons. The standard InChI is InChI=1S/C26H35N3O4/c1-26(2,3)33-25(31)29-18-13-17(14-19(29)16-32-15-18)27-24(30)23-20-9-6-7-10-21(20)28-12-8-4-5-11-22(23)28/h6-7,9-10,17-19H,4-5,8,11-16H2,1-3H3,(H,27,30). The number of nitrogens with zero attached hydrogens (tertiary/aromatic N) is 2. The van der Waals surface area contributed by atoms with Crippen LogP contribution in [-0.2, 0) is 22.4 Å². The van der Waals surface area contributed by atoms with E-state index in [-0.39, 0.29) is 30.1 Å². The van der Waals surface area contributed by atoms with Gasteiger partial charge in [0, 0.05) is 29.2 Å². The van der Waals surface area contributed by atoms with Crippen LogP contribution in [0.25, 0.3) is 10.9 Å². The number of amides is 2. The second-order valence-corrected chi connectivity index (χ2v) is 10.7. The van der Waals surface area contributed by atoms with Crippen molar-refractivity contribution in [2.45, 2.75) is 89.6 Å². The summed E-state index contributed by atoms with van der Waals surface area (Å²) >= 11 is 0. The van der Waals surface area contributed by atoms with Crippen molar-refractivity contribution >= 4 is 22.9 Å². The van der Waals surface area contributed by atoms with Gasteiger partial charge in [0.1, 0.15) is 5.60 Å². The molecule has 3 aliphatic rings. The van der Waals surface area contributed by atoms with Crippen LogP contribution in [0.5, 0.6) is 0 Å². The van der Waals surface area contributed by atoms with E-state index in [0.717, 1.165) is 42.3 Å². The van der Waals surface area contributed by atoms with Crippen LogP contribution in [0.4, 0.5) is 4.79 Å². The maximum Gasteiger partial charge on any atom is 0.410 e. The molecule has 4 heterocycles. The van der Waals surface area contributed by atoms with E-state index < -0.39 is 5.60 Å². The zero-order valence-corrected chi connectivity index (χ0v) is 19.9. The molecule has 5 rings (SSSR count). The number of nitrogens with one attached hydrogen (secondary N) is 1. The molecule has 2 aromatic rings. The summed E-state index contributed by atoms with van der Waals surface area (Å²) in [6, 6.07) is 8.11. The average Bonchev–Trinajstić information content (AvgIpc) is 2.87. The molecule has 2 atom stereocenters. The summed E-state index contributed by atoms with van der Waals surface area (Å²) < 4.78 is 13.8. The van der Waals surface area contributed by atoms with Gasteiger partial charge in [0.25, 0.3) is 5.91 Å². The summed E-state index contributed by atoms with van der Waals surface area (Å²) in [5.74, 6) is 0.0107. The quantitative estimate of drug-likeness (QED) is 0.737. The second kappa shape index (κ2) is 8.67. The van der Waals surface area contributed by atoms with Gasteiger partial charge in [0.15, 0.2) is 0 Å². The number of aryl methyl sites for hydroxylation is 1. The summed E-state index contributed by atoms with van der Waals surface area (Å²) in [6.45, 7) is 7.58. The van der Waals surface area contributed by atoms with Gasteiger partial charge in [-0.3, -0.25) is 9.69 Å². The van der Waals surface area contributed by atoms with E-state index in [1.54, 1.807) is 0 Å². The van der Waals surface area contributed by atoms with E-state index in [2.05, 4.69) is 28.1 Å². The highest BCUT2D eigenvalue weighted by Crippen LogP contribution is 2.32. The molecule has 7 nitrogen and oxygen atoms in total. The molecular weight excluding hydrogens is 418 g/mol. The lowest BCUT2D eigenvalue weighted by Gasteiger charge is -2.48. The van der Waals surface area contributed by atoms with Gasteiger partial charge in [-0.2, -0.15) is 0 Å². The van der Waals surface area contributed by atoms with Gasteiger partial charge in [-0.05, 0) is 58.9 Å². The third-order valence-electron chi connectivity index (χ3n) is 7.06. The van der Waals surface area contributed by atoms with E-state index in [1.165, 1.54) is 12.1 Å². The SMILES string of the molecule is CC(C)(C)OC(=O)N1C2COCC1CC(NC(=O)c1c3n(c4ccccc14)CCCCC3)C2. The van der Waals surface area contributed by atoms with E-state index in [4.69, 9.17) is 9.47 Å². The smallest absolute Gasteiger partial charge is 0.410 e. The fourth-order valence-electron chi connectivity index (χ4n) is 5.77. The lowest BCUT2D eigenvalue weighted by molar-refractivity contribution is -0.0835. The normalized spacial score (nSPS) is 25.3. The first-order valence-electron chi connectivity index (χ1n) is 12.3. The fourth-order valence-corrected chi connectivity index (χ4v) is 5.77. The van der Waals surface area contributed by atoms with Crippen molar-refractivity contribution in [2.24, 2.45) is 0 Å². The lowest BCUT2D eigenvalue weighted by atomic mass is 9.90. The van der Waals surface area contributed by atoms with Crippen LogP contribution in [0.1, 0.15) is 68.9 Å². The summed E-state index contributed by atoms with van der Waals surface area (Å²) in [4.78, 5) is 28.3. The molecule has 2 fully saturated rings. The largest absolute Gasteiger partial charge is 0.444 e. The van der Waals surface area contributed by atoms with Crippen LogP contribution < -0.4 is 5.32 Å². The highest BCUT2D eigenvalue weighted by Gasteiger charge is 2.44. The third kappa shape index (κ3) is 4.35. The van der Waals surface area contributed by atoms with Crippen molar-refractivity contribution in [1.82, 2.24) is 14.8 Å². The predicted octanol–water partition coefficient (Wildman–Crippen LogP) is 4.26. The molecule has 0 spiro atoms. The van der Waals surface area contributed by atoms with Crippen molar-refractivity contribution < 1.29 is 19.1 Å². The van der Waals surface area contributed by atoms with Crippen molar-refractivity contribution in [3.63, 3.8) is 0 Å². The molecule has 0 radical (unpaired) electrons. The number of hydrogen-bond acceptors (Lipinski definition) is 4. The zero-order valence-electron chi connectivity index (χ0n) is 19.9. The van der Waals surface area contributed by atoms with Crippen LogP contribution >= 0.6 is 0 Å². The number of aromatic nitrogens is 1. The first kappa shape index (κ1) is 22.3. The maximum atomic E-state index is 13.6. The van der Waals surface area contributed by atoms with Crippen LogP contribution in [-0.4, -0.2) is 58.4 Å². The highest BCUT2D eigenvalue weighted by molar-refractivity contribution is 6.08. The van der Waals surface area contributed by atoms with Crippen LogP contribution in [0.15, 0.2) is 24.3 Å². The second-order valence-electron chi connectivity index (χ2n) is 10.7. The van der Waals surface area contributed by atoms with Crippen LogP contribution in [0.3, 0.4) is 0 Å². The molecule has 1 aromatic heterocycles. The number of carbonyl (C=O) groups excluding carboxylic acids is 2. The molecule has 7 heteroatoms. The van der Waals surface area contributed by atoms with E-state index >= 15 is 0 Å². The number of piperidine rings is 1. The number of rotatable bonds is 2. The predicted molar refractivity (Wildman–Crippen MR) is 126 cm³/mol. The molecule has 2 bridgehead atoms. The van der Waals surface area contributed by atoms with Gasteiger partial charge in [-0.15, -0.1) is 0 Å². The van der Waals surface area contributed by atoms with Crippen LogP contribution in [0, 0.1) is 0 Å². The summed E-state index contributed by atoms with van der Waals surface area (Å²) in [5, 5.41) is 4.38. The lowest BCUT2D eigenvalue weighted by Crippen LogP contribution is -2.63. The molecule has 2 saturated heterocycles. The van der Waals surface area contributed by atoms with Crippen molar-refractivity contribution in [1.29, 1.82) is 0 Å². The van der Waals surface area contributed by atoms with Crippen molar-refractivity contribution in [3.05, 3.63) is 35.5 Å².